The summed E-state index contributed by atoms with van der Waals surface area (Å²) in [5.41, 5.74) is -0.417. The van der Waals surface area contributed by atoms with E-state index in [1.54, 1.807) is 53.8 Å². The Labute approximate surface area is 296 Å². The molecule has 1 aromatic heterocycles. The van der Waals surface area contributed by atoms with Crippen LogP contribution in [0, 0.1) is 18.3 Å². The zero-order valence-electron chi connectivity index (χ0n) is 30.7. The third kappa shape index (κ3) is 8.85. The second-order valence-corrected chi connectivity index (χ2v) is 17.7. The Morgan fingerprint density at radius 3 is 2.36 bits per heavy atom. The van der Waals surface area contributed by atoms with Gasteiger partial charge in [-0.05, 0) is 82.4 Å². The zero-order chi connectivity index (χ0) is 37.4. The van der Waals surface area contributed by atoms with Crippen molar-refractivity contribution < 1.29 is 37.1 Å². The van der Waals surface area contributed by atoms with E-state index in [-0.39, 0.29) is 25.3 Å². The highest BCUT2D eigenvalue weighted by atomic mass is 32.2. The lowest BCUT2D eigenvalue weighted by Crippen LogP contribution is -2.60. The molecule has 0 radical (unpaired) electrons. The highest BCUT2D eigenvalue weighted by Gasteiger charge is 2.62. The Morgan fingerprint density at radius 2 is 1.82 bits per heavy atom. The van der Waals surface area contributed by atoms with Crippen molar-refractivity contribution in [3.8, 4) is 5.88 Å². The number of ether oxygens (including phenoxy) is 2. The molecule has 0 unspecified atom stereocenters. The monoisotopic (exact) mass is 715 g/mol. The molecule has 2 aliphatic carbocycles. The smallest absolute Gasteiger partial charge is 0.408 e. The van der Waals surface area contributed by atoms with Crippen molar-refractivity contribution >= 4 is 39.4 Å². The van der Waals surface area contributed by atoms with E-state index in [4.69, 9.17) is 9.47 Å². The van der Waals surface area contributed by atoms with Gasteiger partial charge in [-0.15, -0.1) is 0 Å². The van der Waals surface area contributed by atoms with Crippen LogP contribution in [-0.4, -0.2) is 83.2 Å². The molecule has 3 fully saturated rings. The molecule has 1 saturated heterocycles. The fraction of sp³-hybridized carbons (Fsp3) is 0.639. The summed E-state index contributed by atoms with van der Waals surface area (Å²) in [5, 5.41) is 4.95. The van der Waals surface area contributed by atoms with Crippen molar-refractivity contribution in [2.24, 2.45) is 11.3 Å². The molecule has 5 atom stereocenters. The maximum atomic E-state index is 14.4. The number of allylic oxidation sites excluding steroid dienone is 3. The van der Waals surface area contributed by atoms with Crippen LogP contribution in [0.15, 0.2) is 31.0 Å². The Hall–Kier alpha value is -3.94. The van der Waals surface area contributed by atoms with E-state index in [0.717, 1.165) is 16.7 Å². The maximum absolute atomic E-state index is 14.4. The fourth-order valence-electron chi connectivity index (χ4n) is 6.40. The predicted molar refractivity (Wildman–Crippen MR) is 189 cm³/mol. The molecule has 2 heterocycles. The molecule has 1 aliphatic heterocycles. The number of aromatic nitrogens is 1. The van der Waals surface area contributed by atoms with Crippen molar-refractivity contribution in [3.05, 3.63) is 42.1 Å². The number of likely N-dealkylation sites (tertiary alicyclic amines) is 1. The van der Waals surface area contributed by atoms with E-state index in [0.29, 0.717) is 25.1 Å². The van der Waals surface area contributed by atoms with Gasteiger partial charge in [-0.3, -0.25) is 19.1 Å². The first-order chi connectivity index (χ1) is 23.1. The summed E-state index contributed by atoms with van der Waals surface area (Å²) in [6, 6.07) is -0.333. The molecule has 1 aromatic rings. The van der Waals surface area contributed by atoms with E-state index in [1.807, 2.05) is 32.9 Å². The number of nitrogens with zero attached hydrogens (tertiary/aromatic N) is 2. The third-order valence-electron chi connectivity index (χ3n) is 9.40. The standard InChI is InChI=1S/C36H53N5O8S/c1-11-13-21(3)26-16-17-37-30(22(26)4)48-24-18-27(41(20-24)31(43)28(34(5,6)7)38-33(45)49-35(8,9)10)29(42)39-36(19-23(36)12-2)32(44)40-50(46,47)25-14-15-25/h11,13,16-17,23-25,27-28H,1,12,14-15,18-20H2,2-10H3,(H,38,45)(H,39,42)(H,40,44)/b21-13-/t23-,24-,27+,28-,36-/m1/s1. The summed E-state index contributed by atoms with van der Waals surface area (Å²) in [6.07, 6.45) is 5.53. The number of hydrogen-bond donors (Lipinski definition) is 3. The topological polar surface area (TPSA) is 173 Å². The van der Waals surface area contributed by atoms with Crippen LogP contribution < -0.4 is 20.1 Å². The molecular formula is C36H53N5O8S. The lowest BCUT2D eigenvalue weighted by molar-refractivity contribution is -0.143. The van der Waals surface area contributed by atoms with E-state index in [9.17, 15) is 27.6 Å². The summed E-state index contributed by atoms with van der Waals surface area (Å²) in [5.74, 6) is -1.86. The van der Waals surface area contributed by atoms with Crippen molar-refractivity contribution in [2.45, 2.75) is 129 Å². The Morgan fingerprint density at radius 1 is 1.16 bits per heavy atom. The molecule has 0 bridgehead atoms. The molecular weight excluding hydrogens is 662 g/mol. The molecule has 50 heavy (non-hydrogen) atoms. The molecule has 0 spiro atoms. The second kappa shape index (κ2) is 14.4. The van der Waals surface area contributed by atoms with Crippen LogP contribution in [0.2, 0.25) is 0 Å². The summed E-state index contributed by atoms with van der Waals surface area (Å²) < 4.78 is 39.4. The van der Waals surface area contributed by atoms with Gasteiger partial charge in [0, 0.05) is 18.2 Å². The average Bonchev–Trinajstić information content (AvgIpc) is 3.92. The molecule has 276 valence electrons. The predicted octanol–water partition coefficient (Wildman–Crippen LogP) is 4.16. The minimum atomic E-state index is -3.86. The highest BCUT2D eigenvalue weighted by Crippen LogP contribution is 2.47. The van der Waals surface area contributed by atoms with Gasteiger partial charge in [-0.2, -0.15) is 0 Å². The minimum absolute atomic E-state index is 0.0151. The molecule has 2 saturated carbocycles. The number of amides is 4. The van der Waals surface area contributed by atoms with Gasteiger partial charge < -0.3 is 25.0 Å². The Kier molecular flexibility index (Phi) is 11.2. The van der Waals surface area contributed by atoms with Gasteiger partial charge in [-0.1, -0.05) is 52.8 Å². The zero-order valence-corrected chi connectivity index (χ0v) is 31.5. The first kappa shape index (κ1) is 38.9. The van der Waals surface area contributed by atoms with E-state index in [2.05, 4.69) is 26.9 Å². The van der Waals surface area contributed by atoms with Gasteiger partial charge in [0.15, 0.2) is 0 Å². The average molecular weight is 716 g/mol. The van der Waals surface area contributed by atoms with Crippen molar-refractivity contribution in [1.82, 2.24) is 25.2 Å². The number of alkyl carbamates (subject to hydrolysis) is 1. The quantitative estimate of drug-likeness (QED) is 0.269. The minimum Gasteiger partial charge on any atom is -0.472 e. The molecule has 3 aliphatic rings. The second-order valence-electron chi connectivity index (χ2n) is 15.7. The number of pyridine rings is 1. The summed E-state index contributed by atoms with van der Waals surface area (Å²) in [4.78, 5) is 60.8. The summed E-state index contributed by atoms with van der Waals surface area (Å²) in [6.45, 7) is 19.9. The SMILES string of the molecule is C=C/C=C(/C)c1ccnc(O[C@@H]2C[C@@H](C(=O)N[C@]3(C(=O)NS(=O)(=O)C4CC4)C[C@H]3CC)N(C(=O)[C@@H](NC(=O)OC(C)(C)C)C(C)(C)C)C2)c1C. The number of nitrogens with one attached hydrogen (secondary N) is 3. The largest absolute Gasteiger partial charge is 0.472 e. The van der Waals surface area contributed by atoms with E-state index < -0.39 is 73.8 Å². The van der Waals surface area contributed by atoms with Crippen LogP contribution in [0.4, 0.5) is 4.79 Å². The number of sulfonamides is 1. The van der Waals surface area contributed by atoms with Gasteiger partial charge in [0.05, 0.1) is 11.8 Å². The van der Waals surface area contributed by atoms with E-state index in [1.165, 1.54) is 4.90 Å². The number of carbonyl (C=O) groups is 4. The molecule has 0 aromatic carbocycles. The van der Waals surface area contributed by atoms with Gasteiger partial charge >= 0.3 is 6.09 Å². The number of rotatable bonds is 12. The highest BCUT2D eigenvalue weighted by molar-refractivity contribution is 7.91. The van der Waals surface area contributed by atoms with Gasteiger partial charge in [0.25, 0.3) is 5.91 Å². The first-order valence-electron chi connectivity index (χ1n) is 17.2. The van der Waals surface area contributed by atoms with Crippen LogP contribution in [-0.2, 0) is 29.1 Å². The van der Waals surface area contributed by atoms with Crippen LogP contribution in [0.1, 0.15) is 98.6 Å². The van der Waals surface area contributed by atoms with Crippen molar-refractivity contribution in [2.75, 3.05) is 6.54 Å². The third-order valence-corrected chi connectivity index (χ3v) is 11.2. The lowest BCUT2D eigenvalue weighted by atomic mass is 9.85. The van der Waals surface area contributed by atoms with Crippen LogP contribution in [0.25, 0.3) is 5.57 Å². The number of carbonyl (C=O) groups excluding carboxylic acids is 4. The van der Waals surface area contributed by atoms with Gasteiger partial charge in [-0.25, -0.2) is 18.2 Å². The Balaban J connectivity index is 1.65. The van der Waals surface area contributed by atoms with Crippen LogP contribution in [0.5, 0.6) is 5.88 Å². The lowest BCUT2D eigenvalue weighted by Gasteiger charge is -2.36. The van der Waals surface area contributed by atoms with Crippen molar-refractivity contribution in [3.63, 3.8) is 0 Å². The van der Waals surface area contributed by atoms with Gasteiger partial charge in [0.1, 0.15) is 29.3 Å². The fourth-order valence-corrected chi connectivity index (χ4v) is 7.76. The normalized spacial score (nSPS) is 24.5. The number of hydrogen-bond acceptors (Lipinski definition) is 9. The first-order valence-corrected chi connectivity index (χ1v) is 18.8. The maximum Gasteiger partial charge on any atom is 0.408 e. The Bertz CT molecular complexity index is 1660. The summed E-state index contributed by atoms with van der Waals surface area (Å²) >= 11 is 0. The molecule has 13 nitrogen and oxygen atoms in total. The molecule has 3 N–H and O–H groups in total. The van der Waals surface area contributed by atoms with Crippen LogP contribution in [0.3, 0.4) is 0 Å². The summed E-state index contributed by atoms with van der Waals surface area (Å²) in [7, 11) is -3.86. The van der Waals surface area contributed by atoms with Gasteiger partial charge in [0.2, 0.25) is 27.7 Å². The van der Waals surface area contributed by atoms with Crippen LogP contribution >= 0.6 is 0 Å². The molecule has 4 amide bonds. The van der Waals surface area contributed by atoms with Crippen molar-refractivity contribution in [1.29, 1.82) is 0 Å². The molecule has 14 heteroatoms. The molecule has 4 rings (SSSR count). The van der Waals surface area contributed by atoms with E-state index >= 15 is 0 Å².